The van der Waals surface area contributed by atoms with Crippen molar-refractivity contribution in [2.24, 2.45) is 0 Å². The van der Waals surface area contributed by atoms with Crippen molar-refractivity contribution in [3.8, 4) is 0 Å². The first kappa shape index (κ1) is 14.5. The van der Waals surface area contributed by atoms with Crippen molar-refractivity contribution in [2.75, 3.05) is 6.54 Å². The van der Waals surface area contributed by atoms with Crippen LogP contribution in [-0.4, -0.2) is 24.4 Å². The van der Waals surface area contributed by atoms with Crippen molar-refractivity contribution >= 4 is 24.4 Å². The van der Waals surface area contributed by atoms with Gasteiger partial charge in [0.15, 0.2) is 0 Å². The molecule has 0 radical (unpaired) electrons. The topological polar surface area (TPSA) is 58.2 Å². The minimum Gasteiger partial charge on any atom is -0.352 e. The first-order valence-corrected chi connectivity index (χ1v) is 5.91. The molecule has 0 aliphatic carbocycles. The number of hydrogen-bond donors (Lipinski definition) is 3. The van der Waals surface area contributed by atoms with Gasteiger partial charge in [-0.05, 0) is 32.0 Å². The van der Waals surface area contributed by atoms with E-state index < -0.39 is 11.7 Å². The quantitative estimate of drug-likeness (QED) is 0.724. The molecule has 0 atom stereocenters. The zero-order valence-electron chi connectivity index (χ0n) is 10.2. The Labute approximate surface area is 110 Å². The highest BCUT2D eigenvalue weighted by Crippen LogP contribution is 2.13. The lowest BCUT2D eigenvalue weighted by atomic mass is 10.2. The Morgan fingerprint density at radius 3 is 2.67 bits per heavy atom. The van der Waals surface area contributed by atoms with Crippen LogP contribution in [0.15, 0.2) is 23.1 Å². The van der Waals surface area contributed by atoms with Crippen LogP contribution in [0.4, 0.5) is 4.39 Å². The van der Waals surface area contributed by atoms with Crippen LogP contribution in [0.2, 0.25) is 0 Å². The Balaban J connectivity index is 2.60. The summed E-state index contributed by atoms with van der Waals surface area (Å²) in [4.78, 5) is 23.4. The summed E-state index contributed by atoms with van der Waals surface area (Å²) in [6.45, 7) is 3.43. The average molecular weight is 270 g/mol. The maximum absolute atomic E-state index is 13.4. The number of carbonyl (C=O) groups excluding carboxylic acids is 2. The Bertz CT molecular complexity index is 463. The Morgan fingerprint density at radius 1 is 1.39 bits per heavy atom. The van der Waals surface area contributed by atoms with Crippen molar-refractivity contribution in [3.63, 3.8) is 0 Å². The first-order valence-electron chi connectivity index (χ1n) is 5.46. The number of halogens is 1. The van der Waals surface area contributed by atoms with Crippen molar-refractivity contribution in [1.29, 1.82) is 0 Å². The summed E-state index contributed by atoms with van der Waals surface area (Å²) in [7, 11) is 0. The third-order valence-corrected chi connectivity index (χ3v) is 2.33. The second-order valence-electron chi connectivity index (χ2n) is 4.07. The molecule has 0 heterocycles. The van der Waals surface area contributed by atoms with Gasteiger partial charge in [0.05, 0.1) is 12.1 Å². The maximum atomic E-state index is 13.4. The van der Waals surface area contributed by atoms with Gasteiger partial charge in [0.2, 0.25) is 5.91 Å². The van der Waals surface area contributed by atoms with Crippen LogP contribution in [0, 0.1) is 5.82 Å². The molecule has 98 valence electrons. The lowest BCUT2D eigenvalue weighted by Gasteiger charge is -2.09. The summed E-state index contributed by atoms with van der Waals surface area (Å²) in [5, 5.41) is 4.96. The van der Waals surface area contributed by atoms with E-state index in [1.54, 1.807) is 0 Å². The number of thiol groups is 1. The largest absolute Gasteiger partial charge is 0.352 e. The highest BCUT2D eigenvalue weighted by Gasteiger charge is 2.13. The van der Waals surface area contributed by atoms with Gasteiger partial charge in [-0.1, -0.05) is 0 Å². The predicted molar refractivity (Wildman–Crippen MR) is 69.3 cm³/mol. The summed E-state index contributed by atoms with van der Waals surface area (Å²) < 4.78 is 13.4. The lowest BCUT2D eigenvalue weighted by molar-refractivity contribution is -0.120. The van der Waals surface area contributed by atoms with E-state index in [-0.39, 0.29) is 24.1 Å². The normalized spacial score (nSPS) is 10.3. The molecule has 1 aromatic carbocycles. The van der Waals surface area contributed by atoms with E-state index >= 15 is 0 Å². The Morgan fingerprint density at radius 2 is 2.06 bits per heavy atom. The van der Waals surface area contributed by atoms with Crippen LogP contribution in [0.1, 0.15) is 24.2 Å². The summed E-state index contributed by atoms with van der Waals surface area (Å²) >= 11 is 4.02. The zero-order valence-corrected chi connectivity index (χ0v) is 11.1. The Hall–Kier alpha value is -1.56. The second-order valence-corrected chi connectivity index (χ2v) is 4.59. The first-order chi connectivity index (χ1) is 8.40. The smallest absolute Gasteiger partial charge is 0.254 e. The van der Waals surface area contributed by atoms with Gasteiger partial charge in [0.25, 0.3) is 5.91 Å². The molecule has 0 fully saturated rings. The number of benzene rings is 1. The van der Waals surface area contributed by atoms with E-state index in [1.807, 2.05) is 13.8 Å². The summed E-state index contributed by atoms with van der Waals surface area (Å²) in [6.07, 6.45) is 0. The number of hydrogen-bond acceptors (Lipinski definition) is 3. The van der Waals surface area contributed by atoms with E-state index in [9.17, 15) is 14.0 Å². The van der Waals surface area contributed by atoms with Crippen LogP contribution in [0.25, 0.3) is 0 Å². The Kier molecular flexibility index (Phi) is 5.15. The fraction of sp³-hybridized carbons (Fsp3) is 0.333. The molecular weight excluding hydrogens is 255 g/mol. The second kappa shape index (κ2) is 6.39. The summed E-state index contributed by atoms with van der Waals surface area (Å²) in [5.41, 5.74) is -0.125. The molecule has 4 nitrogen and oxygen atoms in total. The predicted octanol–water partition coefficient (Wildman–Crippen LogP) is 1.37. The molecule has 2 amide bonds. The van der Waals surface area contributed by atoms with E-state index in [2.05, 4.69) is 23.3 Å². The van der Waals surface area contributed by atoms with E-state index in [0.717, 1.165) is 6.07 Å². The van der Waals surface area contributed by atoms with Crippen molar-refractivity contribution < 1.29 is 14.0 Å². The van der Waals surface area contributed by atoms with Gasteiger partial charge >= 0.3 is 0 Å². The summed E-state index contributed by atoms with van der Waals surface area (Å²) in [5.74, 6) is -1.60. The van der Waals surface area contributed by atoms with Gasteiger partial charge in [-0.25, -0.2) is 4.39 Å². The fourth-order valence-electron chi connectivity index (χ4n) is 1.32. The highest BCUT2D eigenvalue weighted by atomic mass is 32.1. The van der Waals surface area contributed by atoms with Gasteiger partial charge in [-0.2, -0.15) is 0 Å². The average Bonchev–Trinajstić information content (AvgIpc) is 2.28. The standard InChI is InChI=1S/C12H15FN2O2S/c1-7(2)15-11(16)6-14-12(17)9-5-8(18)3-4-10(9)13/h3-5,7,18H,6H2,1-2H3,(H,14,17)(H,15,16). The zero-order chi connectivity index (χ0) is 13.7. The molecule has 0 unspecified atom stereocenters. The molecule has 0 aromatic heterocycles. The van der Waals surface area contributed by atoms with Gasteiger partial charge < -0.3 is 10.6 Å². The highest BCUT2D eigenvalue weighted by molar-refractivity contribution is 7.80. The molecule has 2 N–H and O–H groups in total. The van der Waals surface area contributed by atoms with Crippen LogP contribution in [-0.2, 0) is 4.79 Å². The molecule has 0 aliphatic heterocycles. The molecule has 0 saturated heterocycles. The van der Waals surface area contributed by atoms with Crippen LogP contribution in [0.3, 0.4) is 0 Å². The molecule has 18 heavy (non-hydrogen) atoms. The van der Waals surface area contributed by atoms with Crippen molar-refractivity contribution in [3.05, 3.63) is 29.6 Å². The molecular formula is C12H15FN2O2S. The van der Waals surface area contributed by atoms with Crippen molar-refractivity contribution in [1.82, 2.24) is 10.6 Å². The van der Waals surface area contributed by atoms with Crippen LogP contribution < -0.4 is 10.6 Å². The third kappa shape index (κ3) is 4.37. The monoisotopic (exact) mass is 270 g/mol. The fourth-order valence-corrected chi connectivity index (χ4v) is 1.52. The SMILES string of the molecule is CC(C)NC(=O)CNC(=O)c1cc(S)ccc1F. The van der Waals surface area contributed by atoms with Crippen molar-refractivity contribution in [2.45, 2.75) is 24.8 Å². The molecule has 6 heteroatoms. The number of carbonyl (C=O) groups is 2. The van der Waals surface area contributed by atoms with E-state index in [0.29, 0.717) is 4.90 Å². The minimum atomic E-state index is -0.644. The molecule has 1 rings (SSSR count). The van der Waals surface area contributed by atoms with Gasteiger partial charge in [0, 0.05) is 10.9 Å². The molecule has 1 aromatic rings. The molecule has 0 aliphatic rings. The van der Waals surface area contributed by atoms with Crippen LogP contribution in [0.5, 0.6) is 0 Å². The van der Waals surface area contributed by atoms with Gasteiger partial charge in [-0.3, -0.25) is 9.59 Å². The molecule has 0 bridgehead atoms. The van der Waals surface area contributed by atoms with Crippen LogP contribution >= 0.6 is 12.6 Å². The maximum Gasteiger partial charge on any atom is 0.254 e. The minimum absolute atomic E-state index is 0.00749. The molecule has 0 saturated carbocycles. The summed E-state index contributed by atoms with van der Waals surface area (Å²) in [6, 6.07) is 3.91. The van der Waals surface area contributed by atoms with Gasteiger partial charge in [0.1, 0.15) is 5.82 Å². The van der Waals surface area contributed by atoms with E-state index in [1.165, 1.54) is 12.1 Å². The third-order valence-electron chi connectivity index (χ3n) is 2.05. The van der Waals surface area contributed by atoms with Gasteiger partial charge in [-0.15, -0.1) is 12.6 Å². The number of rotatable bonds is 4. The lowest BCUT2D eigenvalue weighted by Crippen LogP contribution is -2.40. The number of nitrogens with one attached hydrogen (secondary N) is 2. The number of amides is 2. The van der Waals surface area contributed by atoms with E-state index in [4.69, 9.17) is 0 Å². The molecule has 0 spiro atoms.